The Morgan fingerprint density at radius 3 is 2.61 bits per heavy atom. The largest absolute Gasteiger partial charge is 0.396 e. The molecule has 5 N–H and O–H groups in total. The molecule has 1 aliphatic heterocycles. The van der Waals surface area contributed by atoms with Crippen molar-refractivity contribution in [2.24, 2.45) is 0 Å². The van der Waals surface area contributed by atoms with Crippen LogP contribution in [0.1, 0.15) is 18.5 Å². The molecule has 23 heavy (non-hydrogen) atoms. The maximum Gasteiger partial charge on any atom is 0.150 e. The fraction of sp³-hybridized carbons (Fsp3) is 0.312. The minimum atomic E-state index is 0.420. The summed E-state index contributed by atoms with van der Waals surface area (Å²) in [5.74, 6) is 3.66. The minimum Gasteiger partial charge on any atom is -0.396 e. The van der Waals surface area contributed by atoms with Gasteiger partial charge in [0, 0.05) is 12.1 Å². The Morgan fingerprint density at radius 2 is 1.91 bits per heavy atom. The summed E-state index contributed by atoms with van der Waals surface area (Å²) in [6.07, 6.45) is 12.2. The maximum absolute atomic E-state index is 6.02. The Labute approximate surface area is 135 Å². The fourth-order valence-corrected chi connectivity index (χ4v) is 2.44. The highest BCUT2D eigenvalue weighted by Gasteiger charge is 2.14. The predicted molar refractivity (Wildman–Crippen MR) is 91.4 cm³/mol. The van der Waals surface area contributed by atoms with Gasteiger partial charge < -0.3 is 21.7 Å². The second-order valence-corrected chi connectivity index (χ2v) is 5.38. The summed E-state index contributed by atoms with van der Waals surface area (Å²) in [7, 11) is 0. The lowest BCUT2D eigenvalue weighted by Crippen LogP contribution is -2.35. The number of hydrogen-bond donors (Lipinski definition) is 4. The molecule has 0 saturated carbocycles. The molecule has 0 spiro atoms. The third-order valence-electron chi connectivity index (χ3n) is 3.69. The topological polar surface area (TPSA) is 101 Å². The van der Waals surface area contributed by atoms with E-state index in [0.29, 0.717) is 29.1 Å². The van der Waals surface area contributed by atoms with E-state index >= 15 is 0 Å². The molecule has 0 bridgehead atoms. The van der Waals surface area contributed by atoms with Gasteiger partial charge in [-0.3, -0.25) is 0 Å². The molecule has 0 atom stereocenters. The number of hydrogen-bond acceptors (Lipinski definition) is 7. The van der Waals surface area contributed by atoms with Gasteiger partial charge in [0.25, 0.3) is 0 Å². The van der Waals surface area contributed by atoms with E-state index in [4.69, 9.17) is 12.2 Å². The van der Waals surface area contributed by atoms with Crippen molar-refractivity contribution >= 4 is 23.0 Å². The first kappa shape index (κ1) is 15.1. The summed E-state index contributed by atoms with van der Waals surface area (Å²) in [6, 6.07) is 2.30. The minimum absolute atomic E-state index is 0.420. The summed E-state index contributed by atoms with van der Waals surface area (Å²) in [5.41, 5.74) is 8.02. The highest BCUT2D eigenvalue weighted by atomic mass is 15.1. The van der Waals surface area contributed by atoms with E-state index < -0.39 is 0 Å². The second kappa shape index (κ2) is 6.94. The quantitative estimate of drug-likeness (QED) is 0.632. The summed E-state index contributed by atoms with van der Waals surface area (Å²) in [6.45, 7) is 2.04. The molecule has 0 unspecified atom stereocenters. The smallest absolute Gasteiger partial charge is 0.150 e. The van der Waals surface area contributed by atoms with Crippen LogP contribution in [-0.2, 0) is 0 Å². The molecule has 1 aliphatic rings. The molecular weight excluding hydrogens is 290 g/mol. The first-order chi connectivity index (χ1) is 11.2. The fourth-order valence-electron chi connectivity index (χ4n) is 2.44. The Morgan fingerprint density at radius 1 is 1.13 bits per heavy atom. The van der Waals surface area contributed by atoms with Gasteiger partial charge in [0.1, 0.15) is 17.3 Å². The third-order valence-corrected chi connectivity index (χ3v) is 3.69. The van der Waals surface area contributed by atoms with E-state index in [1.807, 2.05) is 6.07 Å². The number of aromatic nitrogens is 3. The SMILES string of the molecule is C#Cc1cnc(Nc2cc(NC3CCNCC3)c(N)cn2)cn1. The van der Waals surface area contributed by atoms with E-state index in [9.17, 15) is 0 Å². The van der Waals surface area contributed by atoms with Gasteiger partial charge in [-0.25, -0.2) is 15.0 Å². The van der Waals surface area contributed by atoms with Gasteiger partial charge in [0.2, 0.25) is 0 Å². The maximum atomic E-state index is 6.02. The molecule has 3 heterocycles. The zero-order chi connectivity index (χ0) is 16.1. The molecule has 3 rings (SSSR count). The van der Waals surface area contributed by atoms with Gasteiger partial charge in [0.15, 0.2) is 0 Å². The molecular formula is C16H19N7. The summed E-state index contributed by atoms with van der Waals surface area (Å²) in [4.78, 5) is 12.6. The van der Waals surface area contributed by atoms with Crippen LogP contribution in [0.15, 0.2) is 24.7 Å². The number of terminal acetylenes is 1. The van der Waals surface area contributed by atoms with Crippen molar-refractivity contribution in [3.8, 4) is 12.3 Å². The number of rotatable bonds is 4. The second-order valence-electron chi connectivity index (χ2n) is 5.38. The zero-order valence-electron chi connectivity index (χ0n) is 12.7. The molecule has 7 heteroatoms. The summed E-state index contributed by atoms with van der Waals surface area (Å²) < 4.78 is 0. The molecule has 0 aromatic carbocycles. The van der Waals surface area contributed by atoms with Crippen LogP contribution in [0.4, 0.5) is 23.0 Å². The van der Waals surface area contributed by atoms with Crippen molar-refractivity contribution < 1.29 is 0 Å². The van der Waals surface area contributed by atoms with Gasteiger partial charge in [-0.15, -0.1) is 6.42 Å². The standard InChI is InChI=1S/C16H19N7/c1-2-11-8-20-16(10-19-11)23-15-7-14(13(17)9-21-15)22-12-3-5-18-6-4-12/h1,7-10,12,18H,3-6,17H2,(H2,20,21,22,23). The Balaban J connectivity index is 1.72. The van der Waals surface area contributed by atoms with Gasteiger partial charge >= 0.3 is 0 Å². The Hall–Kier alpha value is -2.85. The normalized spacial score (nSPS) is 14.9. The van der Waals surface area contributed by atoms with Crippen molar-refractivity contribution in [1.29, 1.82) is 0 Å². The van der Waals surface area contributed by atoms with Crippen LogP contribution in [0.5, 0.6) is 0 Å². The Bertz CT molecular complexity index is 699. The first-order valence-electron chi connectivity index (χ1n) is 7.53. The number of pyridine rings is 1. The molecule has 2 aromatic rings. The lowest BCUT2D eigenvalue weighted by atomic mass is 10.1. The number of nitrogens with one attached hydrogen (secondary N) is 3. The van der Waals surface area contributed by atoms with Gasteiger partial charge in [0.05, 0.1) is 30.0 Å². The van der Waals surface area contributed by atoms with E-state index in [1.54, 1.807) is 12.4 Å². The summed E-state index contributed by atoms with van der Waals surface area (Å²) >= 11 is 0. The van der Waals surface area contributed by atoms with Crippen molar-refractivity contribution in [3.05, 3.63) is 30.4 Å². The Kier molecular flexibility index (Phi) is 4.54. The van der Waals surface area contributed by atoms with Crippen LogP contribution < -0.4 is 21.7 Å². The molecule has 0 radical (unpaired) electrons. The van der Waals surface area contributed by atoms with Crippen molar-refractivity contribution in [1.82, 2.24) is 20.3 Å². The van der Waals surface area contributed by atoms with E-state index in [2.05, 4.69) is 36.8 Å². The van der Waals surface area contributed by atoms with Crippen LogP contribution in [0.3, 0.4) is 0 Å². The van der Waals surface area contributed by atoms with Crippen molar-refractivity contribution in [2.75, 3.05) is 29.5 Å². The van der Waals surface area contributed by atoms with E-state index in [0.717, 1.165) is 31.6 Å². The number of nitrogens with two attached hydrogens (primary N) is 1. The zero-order valence-corrected chi connectivity index (χ0v) is 12.7. The highest BCUT2D eigenvalue weighted by molar-refractivity contribution is 5.70. The highest BCUT2D eigenvalue weighted by Crippen LogP contribution is 2.24. The molecule has 7 nitrogen and oxygen atoms in total. The van der Waals surface area contributed by atoms with Gasteiger partial charge in [-0.1, -0.05) is 0 Å². The number of nitrogens with zero attached hydrogens (tertiary/aromatic N) is 3. The van der Waals surface area contributed by atoms with Gasteiger partial charge in [-0.2, -0.15) is 0 Å². The first-order valence-corrected chi connectivity index (χ1v) is 7.53. The summed E-state index contributed by atoms with van der Waals surface area (Å²) in [5, 5.41) is 9.93. The molecule has 0 amide bonds. The van der Waals surface area contributed by atoms with E-state index in [1.165, 1.54) is 6.20 Å². The molecule has 118 valence electrons. The lowest BCUT2D eigenvalue weighted by molar-refractivity contribution is 0.479. The lowest BCUT2D eigenvalue weighted by Gasteiger charge is -2.25. The van der Waals surface area contributed by atoms with Crippen LogP contribution >= 0.6 is 0 Å². The average Bonchev–Trinajstić information content (AvgIpc) is 2.59. The molecule has 0 aliphatic carbocycles. The predicted octanol–water partition coefficient (Wildman–Crippen LogP) is 1.34. The van der Waals surface area contributed by atoms with Crippen LogP contribution in [0, 0.1) is 12.3 Å². The van der Waals surface area contributed by atoms with E-state index in [-0.39, 0.29) is 0 Å². The van der Waals surface area contributed by atoms with Crippen LogP contribution in [-0.4, -0.2) is 34.1 Å². The number of nitrogen functional groups attached to an aromatic ring is 1. The van der Waals surface area contributed by atoms with Gasteiger partial charge in [-0.05, 0) is 31.9 Å². The molecule has 1 saturated heterocycles. The van der Waals surface area contributed by atoms with Crippen molar-refractivity contribution in [3.63, 3.8) is 0 Å². The third kappa shape index (κ3) is 3.87. The number of piperidine rings is 1. The van der Waals surface area contributed by atoms with Crippen molar-refractivity contribution in [2.45, 2.75) is 18.9 Å². The number of anilines is 4. The molecule has 1 fully saturated rings. The van der Waals surface area contributed by atoms with Crippen LogP contribution in [0.25, 0.3) is 0 Å². The molecule has 2 aromatic heterocycles. The average molecular weight is 309 g/mol. The van der Waals surface area contributed by atoms with Crippen LogP contribution in [0.2, 0.25) is 0 Å². The monoisotopic (exact) mass is 309 g/mol.